The molecule has 0 radical (unpaired) electrons. The lowest BCUT2D eigenvalue weighted by atomic mass is 10.0. The Morgan fingerprint density at radius 2 is 1.91 bits per heavy atom. The van der Waals surface area contributed by atoms with Crippen LogP contribution in [0.25, 0.3) is 0 Å². The van der Waals surface area contributed by atoms with Gasteiger partial charge in [0.1, 0.15) is 30.0 Å². The van der Waals surface area contributed by atoms with Crippen molar-refractivity contribution in [3.05, 3.63) is 29.3 Å². The molecule has 0 saturated heterocycles. The van der Waals surface area contributed by atoms with Gasteiger partial charge < -0.3 is 25.4 Å². The van der Waals surface area contributed by atoms with Crippen LogP contribution in [0.1, 0.15) is 71.0 Å². The fraction of sp³-hybridized carbons (Fsp3) is 0.583. The fourth-order valence-electron chi connectivity index (χ4n) is 3.17. The molecule has 182 valence electrons. The number of aromatic hydroxyl groups is 1. The molecule has 0 aliphatic heterocycles. The molecule has 0 bridgehead atoms. The Morgan fingerprint density at radius 1 is 1.24 bits per heavy atom. The molecular weight excluding hydrogens is 424 g/mol. The lowest BCUT2D eigenvalue weighted by Crippen LogP contribution is -2.52. The van der Waals surface area contributed by atoms with Crippen molar-refractivity contribution >= 4 is 17.9 Å². The van der Waals surface area contributed by atoms with Crippen molar-refractivity contribution < 1.29 is 24.2 Å². The van der Waals surface area contributed by atoms with E-state index in [-0.39, 0.29) is 12.3 Å². The molecule has 1 aromatic rings. The monoisotopic (exact) mass is 460 g/mol. The van der Waals surface area contributed by atoms with Crippen LogP contribution >= 0.6 is 0 Å². The second-order valence-corrected chi connectivity index (χ2v) is 8.94. The maximum absolute atomic E-state index is 13.3. The summed E-state index contributed by atoms with van der Waals surface area (Å²) >= 11 is 0. The molecule has 9 heteroatoms. The summed E-state index contributed by atoms with van der Waals surface area (Å²) < 4.78 is 5.20. The van der Waals surface area contributed by atoms with Crippen molar-refractivity contribution in [2.75, 3.05) is 13.1 Å². The van der Waals surface area contributed by atoms with Crippen LogP contribution in [-0.2, 0) is 14.3 Å². The molecule has 0 saturated carbocycles. The molecule has 1 aromatic carbocycles. The summed E-state index contributed by atoms with van der Waals surface area (Å²) in [5.74, 6) is -0.995. The van der Waals surface area contributed by atoms with E-state index < -0.39 is 35.6 Å². The number of unbranched alkanes of at least 4 members (excludes halogenated alkanes) is 2. The largest absolute Gasteiger partial charge is 0.508 e. The van der Waals surface area contributed by atoms with Gasteiger partial charge in [0.25, 0.3) is 0 Å². The number of rotatable bonds is 10. The fourth-order valence-corrected chi connectivity index (χ4v) is 3.17. The Labute approximate surface area is 196 Å². The zero-order chi connectivity index (χ0) is 25.2. The molecule has 3 amide bonds. The molecule has 1 rings (SSSR count). The second kappa shape index (κ2) is 12.7. The molecule has 0 spiro atoms. The minimum Gasteiger partial charge on any atom is -0.508 e. The number of nitriles is 1. The standard InChI is InChI=1S/C24H36N4O5/c1-7-8-9-13-26-21(30)20(18-10-11-19(29)16(2)15-18)28(14-12-25)22(31)17(3)27-23(32)33-24(4,5)6/h10-11,15,17,20,29H,7-9,13-14H2,1-6H3,(H,26,30)(H,27,32). The van der Waals surface area contributed by atoms with Gasteiger partial charge in [0.05, 0.1) is 6.07 Å². The highest BCUT2D eigenvalue weighted by Crippen LogP contribution is 2.27. The van der Waals surface area contributed by atoms with Gasteiger partial charge in [-0.15, -0.1) is 0 Å². The number of phenols is 1. The summed E-state index contributed by atoms with van der Waals surface area (Å²) in [4.78, 5) is 39.7. The van der Waals surface area contributed by atoms with Crippen LogP contribution in [0.2, 0.25) is 0 Å². The molecule has 2 unspecified atom stereocenters. The minimum absolute atomic E-state index is 0.0546. The second-order valence-electron chi connectivity index (χ2n) is 8.94. The first kappa shape index (κ1) is 27.8. The molecule has 9 nitrogen and oxygen atoms in total. The molecule has 0 aliphatic carbocycles. The van der Waals surface area contributed by atoms with E-state index in [1.165, 1.54) is 13.0 Å². The third-order valence-electron chi connectivity index (χ3n) is 4.80. The number of ether oxygens (including phenoxy) is 1. The third-order valence-corrected chi connectivity index (χ3v) is 4.80. The van der Waals surface area contributed by atoms with Crippen LogP contribution in [0.3, 0.4) is 0 Å². The van der Waals surface area contributed by atoms with Crippen LogP contribution in [0.15, 0.2) is 18.2 Å². The minimum atomic E-state index is -1.11. The summed E-state index contributed by atoms with van der Waals surface area (Å²) in [5, 5.41) is 24.6. The lowest BCUT2D eigenvalue weighted by molar-refractivity contribution is -0.141. The van der Waals surface area contributed by atoms with Crippen molar-refractivity contribution in [2.45, 2.75) is 78.5 Å². The molecular formula is C24H36N4O5. The molecule has 0 aliphatic rings. The maximum atomic E-state index is 13.3. The number of nitrogens with zero attached hydrogens (tertiary/aromatic N) is 2. The van der Waals surface area contributed by atoms with Gasteiger partial charge in [-0.1, -0.05) is 25.8 Å². The highest BCUT2D eigenvalue weighted by atomic mass is 16.6. The predicted octanol–water partition coefficient (Wildman–Crippen LogP) is 3.31. The summed E-state index contributed by atoms with van der Waals surface area (Å²) in [6, 6.07) is 4.38. The summed E-state index contributed by atoms with van der Waals surface area (Å²) in [5.41, 5.74) is 0.232. The van der Waals surface area contributed by atoms with E-state index in [9.17, 15) is 24.8 Å². The zero-order valence-electron chi connectivity index (χ0n) is 20.4. The smallest absolute Gasteiger partial charge is 0.408 e. The molecule has 33 heavy (non-hydrogen) atoms. The number of aryl methyl sites for hydroxylation is 1. The molecule has 0 fully saturated rings. The number of nitrogens with one attached hydrogen (secondary N) is 2. The number of hydrogen-bond acceptors (Lipinski definition) is 6. The molecule has 0 heterocycles. The quantitative estimate of drug-likeness (QED) is 0.362. The summed E-state index contributed by atoms with van der Waals surface area (Å²) in [6.45, 7) is 10.4. The van der Waals surface area contributed by atoms with Crippen LogP contribution < -0.4 is 10.6 Å². The van der Waals surface area contributed by atoms with Gasteiger partial charge in [-0.25, -0.2) is 4.79 Å². The summed E-state index contributed by atoms with van der Waals surface area (Å²) in [7, 11) is 0. The zero-order valence-corrected chi connectivity index (χ0v) is 20.4. The molecule has 3 N–H and O–H groups in total. The lowest BCUT2D eigenvalue weighted by Gasteiger charge is -2.32. The van der Waals surface area contributed by atoms with Crippen LogP contribution in [0.5, 0.6) is 5.75 Å². The maximum Gasteiger partial charge on any atom is 0.408 e. The van der Waals surface area contributed by atoms with Crippen molar-refractivity contribution in [1.29, 1.82) is 5.26 Å². The van der Waals surface area contributed by atoms with Gasteiger partial charge in [0.15, 0.2) is 0 Å². The number of hydrogen-bond donors (Lipinski definition) is 3. The first-order valence-electron chi connectivity index (χ1n) is 11.2. The van der Waals surface area contributed by atoms with Crippen molar-refractivity contribution in [3.8, 4) is 11.8 Å². The Kier molecular flexibility index (Phi) is 10.7. The Hall–Kier alpha value is -3.28. The first-order chi connectivity index (χ1) is 15.4. The van der Waals surface area contributed by atoms with E-state index in [1.807, 2.05) is 6.07 Å². The number of benzene rings is 1. The molecule has 2 atom stereocenters. The highest BCUT2D eigenvalue weighted by Gasteiger charge is 2.34. The number of alkyl carbamates (subject to hydrolysis) is 1. The number of carbonyl (C=O) groups excluding carboxylic acids is 3. The van der Waals surface area contributed by atoms with Gasteiger partial charge >= 0.3 is 6.09 Å². The van der Waals surface area contributed by atoms with E-state index >= 15 is 0 Å². The Bertz CT molecular complexity index is 873. The van der Waals surface area contributed by atoms with E-state index in [0.29, 0.717) is 17.7 Å². The molecule has 0 aromatic heterocycles. The number of phenolic OH excluding ortho intramolecular Hbond substituents is 1. The van der Waals surface area contributed by atoms with Crippen LogP contribution in [0.4, 0.5) is 4.79 Å². The van der Waals surface area contributed by atoms with Crippen molar-refractivity contribution in [1.82, 2.24) is 15.5 Å². The normalized spacial score (nSPS) is 12.8. The van der Waals surface area contributed by atoms with E-state index in [1.54, 1.807) is 39.8 Å². The average Bonchev–Trinajstić information content (AvgIpc) is 2.71. The predicted molar refractivity (Wildman–Crippen MR) is 124 cm³/mol. The summed E-state index contributed by atoms with van der Waals surface area (Å²) in [6.07, 6.45) is 1.94. The van der Waals surface area contributed by atoms with Gasteiger partial charge in [-0.3, -0.25) is 9.59 Å². The van der Waals surface area contributed by atoms with Gasteiger partial charge in [0.2, 0.25) is 11.8 Å². The Balaban J connectivity index is 3.23. The van der Waals surface area contributed by atoms with Gasteiger partial charge in [-0.2, -0.15) is 5.26 Å². The van der Waals surface area contributed by atoms with E-state index in [2.05, 4.69) is 17.6 Å². The van der Waals surface area contributed by atoms with Gasteiger partial charge in [-0.05, 0) is 64.3 Å². The number of amides is 3. The van der Waals surface area contributed by atoms with E-state index in [0.717, 1.165) is 24.2 Å². The average molecular weight is 461 g/mol. The topological polar surface area (TPSA) is 132 Å². The van der Waals surface area contributed by atoms with E-state index in [4.69, 9.17) is 4.74 Å². The SMILES string of the molecule is CCCCCNC(=O)C(c1ccc(O)c(C)c1)N(CC#N)C(=O)C(C)NC(=O)OC(C)(C)C. The van der Waals surface area contributed by atoms with Crippen molar-refractivity contribution in [2.24, 2.45) is 0 Å². The first-order valence-corrected chi connectivity index (χ1v) is 11.2. The van der Waals surface area contributed by atoms with Gasteiger partial charge in [0, 0.05) is 6.54 Å². The van der Waals surface area contributed by atoms with Crippen molar-refractivity contribution in [3.63, 3.8) is 0 Å². The Morgan fingerprint density at radius 3 is 2.45 bits per heavy atom. The number of carbonyl (C=O) groups is 3. The van der Waals surface area contributed by atoms with Crippen LogP contribution in [0, 0.1) is 18.3 Å². The highest BCUT2D eigenvalue weighted by molar-refractivity contribution is 5.92. The van der Waals surface area contributed by atoms with Crippen LogP contribution in [-0.4, -0.2) is 52.6 Å². The third kappa shape index (κ3) is 9.00.